The number of hydrogen-bond donors (Lipinski definition) is 2. The van der Waals surface area contributed by atoms with Crippen LogP contribution < -0.4 is 10.1 Å². The molecule has 6 heteroatoms. The number of rotatable bonds is 4. The van der Waals surface area contributed by atoms with E-state index >= 15 is 0 Å². The van der Waals surface area contributed by atoms with E-state index in [1.54, 1.807) is 4.90 Å². The third-order valence-corrected chi connectivity index (χ3v) is 7.09. The van der Waals surface area contributed by atoms with E-state index in [-0.39, 0.29) is 28.9 Å². The number of carbonyl (C=O) groups is 2. The summed E-state index contributed by atoms with van der Waals surface area (Å²) in [6.07, 6.45) is 8.14. The molecule has 2 atom stereocenters. The highest BCUT2D eigenvalue weighted by Crippen LogP contribution is 2.39. The molecule has 2 saturated heterocycles. The van der Waals surface area contributed by atoms with Crippen LogP contribution in [0.1, 0.15) is 57.4 Å². The lowest BCUT2D eigenvalue weighted by Crippen LogP contribution is -2.61. The monoisotopic (exact) mass is 433 g/mol. The van der Waals surface area contributed by atoms with Gasteiger partial charge in [0.25, 0.3) is 0 Å². The second-order valence-corrected chi connectivity index (χ2v) is 10.3. The van der Waals surface area contributed by atoms with E-state index in [1.807, 2.05) is 26.0 Å². The maximum atomic E-state index is 13.2. The lowest BCUT2D eigenvalue weighted by molar-refractivity contribution is -0.146. The van der Waals surface area contributed by atoms with E-state index in [0.29, 0.717) is 13.0 Å². The molecule has 3 aliphatic rings. The SMILES string of the molecule is C=CC(C)(C)c1[nH]c2cc3c(cc2c1C[C@@H]1NC(=O)[C@@H]2CCCN2C1=O)C=CC(C)(C)O3. The van der Waals surface area contributed by atoms with Crippen LogP contribution in [-0.2, 0) is 21.4 Å². The van der Waals surface area contributed by atoms with Crippen LogP contribution >= 0.6 is 0 Å². The van der Waals surface area contributed by atoms with Gasteiger partial charge >= 0.3 is 0 Å². The standard InChI is InChI=1S/C26H31N3O3/c1-6-25(2,3)22-17(13-19-24(31)29-11-7-8-20(29)23(30)28-19)16-12-15-9-10-26(4,5)32-21(15)14-18(16)27-22/h6,9-10,12,14,19-20,27H,1,7-8,11,13H2,2-5H3,(H,28,30)/t19-,20-/m0/s1. The molecule has 32 heavy (non-hydrogen) atoms. The topological polar surface area (TPSA) is 74.4 Å². The number of benzene rings is 1. The maximum absolute atomic E-state index is 13.2. The zero-order valence-electron chi connectivity index (χ0n) is 19.2. The number of carbonyl (C=O) groups excluding carboxylic acids is 2. The molecule has 5 rings (SSSR count). The molecular formula is C26H31N3O3. The van der Waals surface area contributed by atoms with Crippen molar-refractivity contribution in [2.75, 3.05) is 6.54 Å². The number of amides is 2. The molecule has 3 aliphatic heterocycles. The van der Waals surface area contributed by atoms with Gasteiger partial charge in [0.1, 0.15) is 23.4 Å². The van der Waals surface area contributed by atoms with Crippen LogP contribution in [0.2, 0.25) is 0 Å². The fourth-order valence-electron chi connectivity index (χ4n) is 5.16. The van der Waals surface area contributed by atoms with Gasteiger partial charge in [-0.15, -0.1) is 6.58 Å². The Morgan fingerprint density at radius 1 is 1.31 bits per heavy atom. The van der Waals surface area contributed by atoms with E-state index in [2.05, 4.69) is 48.9 Å². The van der Waals surface area contributed by atoms with Crippen LogP contribution in [0.4, 0.5) is 0 Å². The summed E-state index contributed by atoms with van der Waals surface area (Å²) in [5, 5.41) is 4.05. The Bertz CT molecular complexity index is 1170. The number of nitrogens with zero attached hydrogens (tertiary/aromatic N) is 1. The molecule has 168 valence electrons. The van der Waals surface area contributed by atoms with Crippen LogP contribution in [0, 0.1) is 0 Å². The van der Waals surface area contributed by atoms with E-state index in [4.69, 9.17) is 4.74 Å². The molecule has 4 heterocycles. The fourth-order valence-corrected chi connectivity index (χ4v) is 5.16. The summed E-state index contributed by atoms with van der Waals surface area (Å²) >= 11 is 0. The molecule has 0 saturated carbocycles. The molecule has 0 radical (unpaired) electrons. The van der Waals surface area contributed by atoms with E-state index in [0.717, 1.165) is 46.3 Å². The number of aromatic nitrogens is 1. The Morgan fingerprint density at radius 3 is 2.84 bits per heavy atom. The van der Waals surface area contributed by atoms with Crippen molar-refractivity contribution in [1.82, 2.24) is 15.2 Å². The van der Waals surface area contributed by atoms with E-state index in [9.17, 15) is 9.59 Å². The molecule has 1 aromatic carbocycles. The summed E-state index contributed by atoms with van der Waals surface area (Å²) in [6, 6.07) is 3.30. The quantitative estimate of drug-likeness (QED) is 0.720. The summed E-state index contributed by atoms with van der Waals surface area (Å²) in [5.41, 5.74) is 3.34. The number of fused-ring (bicyclic) bond motifs is 3. The Balaban J connectivity index is 1.60. The predicted molar refractivity (Wildman–Crippen MR) is 126 cm³/mol. The normalized spacial score (nSPS) is 24.2. The zero-order chi connectivity index (χ0) is 22.8. The highest BCUT2D eigenvalue weighted by Gasteiger charge is 2.43. The van der Waals surface area contributed by atoms with Crippen molar-refractivity contribution < 1.29 is 14.3 Å². The van der Waals surface area contributed by atoms with Gasteiger partial charge in [0, 0.05) is 46.6 Å². The number of hydrogen-bond acceptors (Lipinski definition) is 3. The number of H-pyrrole nitrogens is 1. The Hall–Kier alpha value is -3.02. The highest BCUT2D eigenvalue weighted by atomic mass is 16.5. The van der Waals surface area contributed by atoms with Crippen molar-refractivity contribution in [2.24, 2.45) is 0 Å². The van der Waals surface area contributed by atoms with Gasteiger partial charge in [-0.1, -0.05) is 26.0 Å². The van der Waals surface area contributed by atoms with Crippen molar-refractivity contribution in [3.63, 3.8) is 0 Å². The van der Waals surface area contributed by atoms with Gasteiger partial charge in [0.15, 0.2) is 0 Å². The summed E-state index contributed by atoms with van der Waals surface area (Å²) < 4.78 is 6.17. The second-order valence-electron chi connectivity index (χ2n) is 10.3. The summed E-state index contributed by atoms with van der Waals surface area (Å²) in [6.45, 7) is 13.0. The first-order chi connectivity index (χ1) is 15.1. The molecule has 0 bridgehead atoms. The number of piperazine rings is 1. The molecule has 2 fully saturated rings. The third kappa shape index (κ3) is 3.24. The number of allylic oxidation sites excluding steroid dienone is 1. The average Bonchev–Trinajstić information content (AvgIpc) is 3.36. The van der Waals surface area contributed by atoms with Crippen LogP contribution in [-0.4, -0.2) is 45.9 Å². The van der Waals surface area contributed by atoms with Gasteiger partial charge in [-0.2, -0.15) is 0 Å². The Labute approximate surface area is 188 Å². The van der Waals surface area contributed by atoms with Crippen molar-refractivity contribution in [2.45, 2.75) is 70.1 Å². The minimum absolute atomic E-state index is 0.0201. The number of nitrogens with one attached hydrogen (secondary N) is 2. The molecule has 0 unspecified atom stereocenters. The largest absolute Gasteiger partial charge is 0.483 e. The predicted octanol–water partition coefficient (Wildman–Crippen LogP) is 3.85. The minimum atomic E-state index is -0.558. The number of aromatic amines is 1. The van der Waals surface area contributed by atoms with Gasteiger partial charge in [0.05, 0.1) is 0 Å². The van der Waals surface area contributed by atoms with E-state index in [1.165, 1.54) is 0 Å². The molecule has 0 aliphatic carbocycles. The van der Waals surface area contributed by atoms with Gasteiger partial charge in [0.2, 0.25) is 11.8 Å². The molecule has 1 aromatic heterocycles. The van der Waals surface area contributed by atoms with Crippen molar-refractivity contribution >= 4 is 28.8 Å². The first kappa shape index (κ1) is 20.9. The van der Waals surface area contributed by atoms with Gasteiger partial charge in [-0.3, -0.25) is 9.59 Å². The lowest BCUT2D eigenvalue weighted by Gasteiger charge is -2.35. The molecule has 2 N–H and O–H groups in total. The van der Waals surface area contributed by atoms with Gasteiger partial charge < -0.3 is 19.9 Å². The Kier molecular flexibility index (Phi) is 4.56. The number of ether oxygens (including phenoxy) is 1. The molecule has 6 nitrogen and oxygen atoms in total. The summed E-state index contributed by atoms with van der Waals surface area (Å²) in [4.78, 5) is 31.2. The average molecular weight is 434 g/mol. The molecular weight excluding hydrogens is 402 g/mol. The smallest absolute Gasteiger partial charge is 0.246 e. The molecule has 2 aromatic rings. The fraction of sp³-hybridized carbons (Fsp3) is 0.462. The zero-order valence-corrected chi connectivity index (χ0v) is 19.2. The summed E-state index contributed by atoms with van der Waals surface area (Å²) in [7, 11) is 0. The first-order valence-electron chi connectivity index (χ1n) is 11.4. The first-order valence-corrected chi connectivity index (χ1v) is 11.4. The molecule has 2 amide bonds. The third-order valence-electron chi connectivity index (χ3n) is 7.09. The van der Waals surface area contributed by atoms with Gasteiger partial charge in [-0.25, -0.2) is 0 Å². The maximum Gasteiger partial charge on any atom is 0.246 e. The van der Waals surface area contributed by atoms with E-state index < -0.39 is 6.04 Å². The van der Waals surface area contributed by atoms with Crippen molar-refractivity contribution in [3.8, 4) is 5.75 Å². The molecule has 0 spiro atoms. The van der Waals surface area contributed by atoms with Crippen LogP contribution in [0.25, 0.3) is 17.0 Å². The van der Waals surface area contributed by atoms with Crippen LogP contribution in [0.5, 0.6) is 5.75 Å². The lowest BCUT2D eigenvalue weighted by atomic mass is 9.84. The van der Waals surface area contributed by atoms with Crippen molar-refractivity contribution in [1.29, 1.82) is 0 Å². The van der Waals surface area contributed by atoms with Gasteiger partial charge in [-0.05, 0) is 44.4 Å². The van der Waals surface area contributed by atoms with Crippen LogP contribution in [0.3, 0.4) is 0 Å². The minimum Gasteiger partial charge on any atom is -0.483 e. The summed E-state index contributed by atoms with van der Waals surface area (Å²) in [5.74, 6) is 0.821. The van der Waals surface area contributed by atoms with Crippen LogP contribution in [0.15, 0.2) is 30.9 Å². The Morgan fingerprint density at radius 2 is 2.09 bits per heavy atom. The van der Waals surface area contributed by atoms with Crippen molar-refractivity contribution in [3.05, 3.63) is 47.7 Å². The second kappa shape index (κ2) is 6.99. The highest BCUT2D eigenvalue weighted by molar-refractivity contribution is 5.98.